The van der Waals surface area contributed by atoms with Crippen molar-refractivity contribution in [2.75, 3.05) is 12.3 Å². The van der Waals surface area contributed by atoms with Crippen molar-refractivity contribution >= 4 is 15.7 Å². The van der Waals surface area contributed by atoms with Gasteiger partial charge < -0.3 is 10.8 Å². The summed E-state index contributed by atoms with van der Waals surface area (Å²) in [6.07, 6.45) is 0.372. The molecule has 6 heteroatoms. The second kappa shape index (κ2) is 6.11. The maximum atomic E-state index is 12.5. The number of nitrogens with two attached hydrogens (primary N) is 1. The molecule has 1 aromatic carbocycles. The third-order valence-electron chi connectivity index (χ3n) is 3.25. The highest BCUT2D eigenvalue weighted by Crippen LogP contribution is 2.25. The minimum atomic E-state index is -3.63. The van der Waals surface area contributed by atoms with Crippen LogP contribution in [-0.2, 0) is 10.0 Å². The lowest BCUT2D eigenvalue weighted by atomic mass is 9.86. The molecule has 0 aliphatic rings. The summed E-state index contributed by atoms with van der Waals surface area (Å²) in [5.74, 6) is 0. The first-order chi connectivity index (χ1) is 9.08. The van der Waals surface area contributed by atoms with Crippen LogP contribution < -0.4 is 10.5 Å². The zero-order chi connectivity index (χ0) is 15.6. The molecule has 0 saturated heterocycles. The van der Waals surface area contributed by atoms with Crippen molar-refractivity contribution in [1.82, 2.24) is 4.72 Å². The lowest BCUT2D eigenvalue weighted by Gasteiger charge is -2.31. The monoisotopic (exact) mass is 300 g/mol. The van der Waals surface area contributed by atoms with Crippen LogP contribution in [0.4, 0.5) is 5.69 Å². The van der Waals surface area contributed by atoms with Gasteiger partial charge in [-0.05, 0) is 42.5 Å². The normalized spacial score (nSPS) is 14.2. The molecule has 114 valence electrons. The molecule has 0 bridgehead atoms. The smallest absolute Gasteiger partial charge is 0.241 e. The fourth-order valence-corrected chi connectivity index (χ4v) is 3.73. The molecule has 0 radical (unpaired) electrons. The number of nitrogen functional groups attached to an aromatic ring is 1. The minimum Gasteiger partial charge on any atom is -0.399 e. The van der Waals surface area contributed by atoms with E-state index in [0.717, 1.165) is 0 Å². The van der Waals surface area contributed by atoms with E-state index in [0.29, 0.717) is 17.7 Å². The van der Waals surface area contributed by atoms with E-state index >= 15 is 0 Å². The number of aliphatic hydroxyl groups excluding tert-OH is 1. The highest BCUT2D eigenvalue weighted by atomic mass is 32.2. The van der Waals surface area contributed by atoms with Crippen LogP contribution in [0.3, 0.4) is 0 Å². The summed E-state index contributed by atoms with van der Waals surface area (Å²) in [5, 5.41) is 9.11. The number of aliphatic hydroxyl groups is 1. The number of aryl methyl sites for hydroxylation is 1. The molecule has 20 heavy (non-hydrogen) atoms. The number of sulfonamides is 1. The van der Waals surface area contributed by atoms with Crippen molar-refractivity contribution in [1.29, 1.82) is 0 Å². The van der Waals surface area contributed by atoms with Gasteiger partial charge >= 0.3 is 0 Å². The third-order valence-corrected chi connectivity index (χ3v) is 4.88. The molecule has 0 spiro atoms. The number of rotatable bonds is 5. The SMILES string of the molecule is Cc1cc(N)ccc1S(=O)(=O)NC(CCO)C(C)(C)C. The molecule has 0 aromatic heterocycles. The van der Waals surface area contributed by atoms with Gasteiger partial charge in [-0.25, -0.2) is 13.1 Å². The van der Waals surface area contributed by atoms with E-state index in [9.17, 15) is 8.42 Å². The van der Waals surface area contributed by atoms with Crippen molar-refractivity contribution in [2.45, 2.75) is 45.1 Å². The molecular formula is C14H24N2O3S. The Morgan fingerprint density at radius 1 is 1.35 bits per heavy atom. The van der Waals surface area contributed by atoms with Crippen LogP contribution in [0.25, 0.3) is 0 Å². The average molecular weight is 300 g/mol. The molecule has 1 atom stereocenters. The topological polar surface area (TPSA) is 92.4 Å². The maximum Gasteiger partial charge on any atom is 0.241 e. The first-order valence-corrected chi connectivity index (χ1v) is 8.05. The van der Waals surface area contributed by atoms with Gasteiger partial charge in [-0.15, -0.1) is 0 Å². The third kappa shape index (κ3) is 4.19. The van der Waals surface area contributed by atoms with Crippen LogP contribution >= 0.6 is 0 Å². The van der Waals surface area contributed by atoms with E-state index in [4.69, 9.17) is 10.8 Å². The number of hydrogen-bond donors (Lipinski definition) is 3. The van der Waals surface area contributed by atoms with Crippen LogP contribution in [0.15, 0.2) is 23.1 Å². The van der Waals surface area contributed by atoms with Gasteiger partial charge in [0.05, 0.1) is 4.90 Å². The van der Waals surface area contributed by atoms with E-state index in [1.165, 1.54) is 6.07 Å². The Bertz CT molecular complexity index is 562. The second-order valence-corrected chi connectivity index (χ2v) is 7.76. The van der Waals surface area contributed by atoms with Gasteiger partial charge in [-0.1, -0.05) is 20.8 Å². The van der Waals surface area contributed by atoms with Crippen LogP contribution in [0.1, 0.15) is 32.8 Å². The van der Waals surface area contributed by atoms with Crippen LogP contribution in [0, 0.1) is 12.3 Å². The molecule has 1 aromatic rings. The zero-order valence-corrected chi connectivity index (χ0v) is 13.3. The first kappa shape index (κ1) is 16.9. The molecule has 1 unspecified atom stereocenters. The summed E-state index contributed by atoms with van der Waals surface area (Å²) in [5.41, 5.74) is 6.50. The van der Waals surface area contributed by atoms with E-state index in [-0.39, 0.29) is 23.0 Å². The van der Waals surface area contributed by atoms with Crippen LogP contribution in [-0.4, -0.2) is 26.2 Å². The van der Waals surface area contributed by atoms with E-state index < -0.39 is 10.0 Å². The Labute approximate surface area is 121 Å². The summed E-state index contributed by atoms with van der Waals surface area (Å²) in [7, 11) is -3.63. The second-order valence-electron chi connectivity index (χ2n) is 6.08. The van der Waals surface area contributed by atoms with Gasteiger partial charge in [0.1, 0.15) is 0 Å². The number of anilines is 1. The van der Waals surface area contributed by atoms with Crippen molar-refractivity contribution in [3.63, 3.8) is 0 Å². The summed E-state index contributed by atoms with van der Waals surface area (Å²) in [6, 6.07) is 4.37. The van der Waals surface area contributed by atoms with Gasteiger partial charge in [0.2, 0.25) is 10.0 Å². The Balaban J connectivity index is 3.10. The molecule has 0 amide bonds. The van der Waals surface area contributed by atoms with Gasteiger partial charge in [-0.2, -0.15) is 0 Å². The molecule has 1 rings (SSSR count). The van der Waals surface area contributed by atoms with Crippen molar-refractivity contribution < 1.29 is 13.5 Å². The van der Waals surface area contributed by atoms with Crippen molar-refractivity contribution in [3.05, 3.63) is 23.8 Å². The molecule has 4 N–H and O–H groups in total. The Morgan fingerprint density at radius 3 is 2.40 bits per heavy atom. The molecule has 5 nitrogen and oxygen atoms in total. The van der Waals surface area contributed by atoms with E-state index in [1.54, 1.807) is 19.1 Å². The molecule has 0 fully saturated rings. The summed E-state index contributed by atoms with van der Waals surface area (Å²) < 4.78 is 27.6. The summed E-state index contributed by atoms with van der Waals surface area (Å²) >= 11 is 0. The van der Waals surface area contributed by atoms with Crippen molar-refractivity contribution in [2.24, 2.45) is 5.41 Å². The number of hydrogen-bond acceptors (Lipinski definition) is 4. The number of benzene rings is 1. The van der Waals surface area contributed by atoms with Gasteiger partial charge in [0.25, 0.3) is 0 Å². The first-order valence-electron chi connectivity index (χ1n) is 6.57. The zero-order valence-electron chi connectivity index (χ0n) is 12.5. The van der Waals surface area contributed by atoms with E-state index in [1.807, 2.05) is 20.8 Å². The molecule has 0 saturated carbocycles. The van der Waals surface area contributed by atoms with Crippen LogP contribution in [0.2, 0.25) is 0 Å². The highest BCUT2D eigenvalue weighted by molar-refractivity contribution is 7.89. The standard InChI is InChI=1S/C14H24N2O3S/c1-10-9-11(15)5-6-12(10)20(18,19)16-13(7-8-17)14(2,3)4/h5-6,9,13,16-17H,7-8,15H2,1-4H3. The fourth-order valence-electron chi connectivity index (χ4n) is 2.02. The molecule has 0 heterocycles. The van der Waals surface area contributed by atoms with Gasteiger partial charge in [0, 0.05) is 18.3 Å². The molecular weight excluding hydrogens is 276 g/mol. The van der Waals surface area contributed by atoms with Crippen molar-refractivity contribution in [3.8, 4) is 0 Å². The molecule has 0 aliphatic heterocycles. The fraction of sp³-hybridized carbons (Fsp3) is 0.571. The predicted octanol–water partition coefficient (Wildman–Crippen LogP) is 1.65. The number of nitrogens with one attached hydrogen (secondary N) is 1. The lowest BCUT2D eigenvalue weighted by molar-refractivity contribution is 0.214. The Kier molecular flexibility index (Phi) is 5.18. The quantitative estimate of drug-likeness (QED) is 0.721. The van der Waals surface area contributed by atoms with Gasteiger partial charge in [-0.3, -0.25) is 0 Å². The summed E-state index contributed by atoms with van der Waals surface area (Å²) in [4.78, 5) is 0.221. The van der Waals surface area contributed by atoms with E-state index in [2.05, 4.69) is 4.72 Å². The Morgan fingerprint density at radius 2 is 1.95 bits per heavy atom. The van der Waals surface area contributed by atoms with Gasteiger partial charge in [0.15, 0.2) is 0 Å². The van der Waals surface area contributed by atoms with Crippen LogP contribution in [0.5, 0.6) is 0 Å². The largest absolute Gasteiger partial charge is 0.399 e. The summed E-state index contributed by atoms with van der Waals surface area (Å²) in [6.45, 7) is 7.46. The molecule has 0 aliphatic carbocycles. The predicted molar refractivity (Wildman–Crippen MR) is 80.9 cm³/mol. The minimum absolute atomic E-state index is 0.0643. The average Bonchev–Trinajstić information content (AvgIpc) is 2.26. The Hall–Kier alpha value is -1.11. The maximum absolute atomic E-state index is 12.5. The highest BCUT2D eigenvalue weighted by Gasteiger charge is 2.29. The lowest BCUT2D eigenvalue weighted by Crippen LogP contribution is -2.44.